The van der Waals surface area contributed by atoms with E-state index >= 15 is 0 Å². The lowest BCUT2D eigenvalue weighted by Crippen LogP contribution is -2.13. The molecule has 4 heteroatoms. The number of benzene rings is 1. The maximum absolute atomic E-state index is 12.2. The highest BCUT2D eigenvalue weighted by atomic mass is 16.1. The Labute approximate surface area is 136 Å². The molecule has 4 nitrogen and oxygen atoms in total. The molecule has 0 spiro atoms. The van der Waals surface area contributed by atoms with Gasteiger partial charge in [-0.1, -0.05) is 26.0 Å². The summed E-state index contributed by atoms with van der Waals surface area (Å²) in [6.45, 7) is 4.31. The predicted octanol–water partition coefficient (Wildman–Crippen LogP) is 4.14. The summed E-state index contributed by atoms with van der Waals surface area (Å²) in [4.78, 5) is 16.1. The number of carbonyl (C=O) groups is 1. The van der Waals surface area contributed by atoms with Gasteiger partial charge in [0.05, 0.1) is 0 Å². The molecule has 0 saturated heterocycles. The number of nitrogens with zero attached hydrogens (tertiary/aromatic N) is 2. The van der Waals surface area contributed by atoms with Crippen molar-refractivity contribution in [3.63, 3.8) is 0 Å². The van der Waals surface area contributed by atoms with Gasteiger partial charge in [-0.05, 0) is 53.8 Å². The highest BCUT2D eigenvalue weighted by molar-refractivity contribution is 6.09. The minimum Gasteiger partial charge on any atom is -0.321 e. The van der Waals surface area contributed by atoms with E-state index in [9.17, 15) is 10.1 Å². The zero-order valence-electron chi connectivity index (χ0n) is 13.3. The Morgan fingerprint density at radius 2 is 1.91 bits per heavy atom. The zero-order valence-corrected chi connectivity index (χ0v) is 13.3. The SMILES string of the molecule is CC[C@H](C)c1ccc(NC(=O)/C(C#N)=C/c2ccncc2)cc1. The van der Waals surface area contributed by atoms with Crippen LogP contribution < -0.4 is 5.32 Å². The van der Waals surface area contributed by atoms with Crippen molar-refractivity contribution in [1.29, 1.82) is 5.26 Å². The molecule has 23 heavy (non-hydrogen) atoms. The standard InChI is InChI=1S/C19H19N3O/c1-3-14(2)16-4-6-18(7-5-16)22-19(23)17(13-20)12-15-8-10-21-11-9-15/h4-12,14H,3H2,1-2H3,(H,22,23)/b17-12+/t14-/m0/s1. The first-order valence-corrected chi connectivity index (χ1v) is 7.57. The lowest BCUT2D eigenvalue weighted by atomic mass is 9.98. The number of hydrogen-bond donors (Lipinski definition) is 1. The van der Waals surface area contributed by atoms with Gasteiger partial charge in [0, 0.05) is 18.1 Å². The Kier molecular flexibility index (Phi) is 5.65. The Morgan fingerprint density at radius 3 is 2.48 bits per heavy atom. The van der Waals surface area contributed by atoms with Crippen LogP contribution in [0.5, 0.6) is 0 Å². The molecule has 0 aliphatic carbocycles. The van der Waals surface area contributed by atoms with Gasteiger partial charge in [-0.2, -0.15) is 5.26 Å². The molecule has 0 bridgehead atoms. The monoisotopic (exact) mass is 305 g/mol. The van der Waals surface area contributed by atoms with Gasteiger partial charge in [-0.25, -0.2) is 0 Å². The number of nitriles is 1. The molecule has 0 unspecified atom stereocenters. The van der Waals surface area contributed by atoms with Crippen LogP contribution in [0.25, 0.3) is 6.08 Å². The number of amides is 1. The molecule has 1 N–H and O–H groups in total. The van der Waals surface area contributed by atoms with E-state index in [2.05, 4.69) is 24.1 Å². The van der Waals surface area contributed by atoms with E-state index in [4.69, 9.17) is 0 Å². The maximum atomic E-state index is 12.2. The van der Waals surface area contributed by atoms with Gasteiger partial charge >= 0.3 is 0 Å². The van der Waals surface area contributed by atoms with Crippen molar-refractivity contribution in [2.24, 2.45) is 0 Å². The quantitative estimate of drug-likeness (QED) is 0.667. The van der Waals surface area contributed by atoms with E-state index in [-0.39, 0.29) is 5.57 Å². The van der Waals surface area contributed by atoms with Crippen LogP contribution >= 0.6 is 0 Å². The maximum Gasteiger partial charge on any atom is 0.266 e. The Morgan fingerprint density at radius 1 is 1.26 bits per heavy atom. The van der Waals surface area contributed by atoms with Crippen LogP contribution in [0.15, 0.2) is 54.4 Å². The molecule has 2 aromatic rings. The Balaban J connectivity index is 2.11. The molecule has 0 aliphatic rings. The highest BCUT2D eigenvalue weighted by Crippen LogP contribution is 2.20. The van der Waals surface area contributed by atoms with Crippen LogP contribution in [0.2, 0.25) is 0 Å². The van der Waals surface area contributed by atoms with E-state index in [1.165, 1.54) is 5.56 Å². The molecule has 2 rings (SSSR count). The van der Waals surface area contributed by atoms with Crippen molar-refractivity contribution in [2.45, 2.75) is 26.2 Å². The number of nitrogens with one attached hydrogen (secondary N) is 1. The number of hydrogen-bond acceptors (Lipinski definition) is 3. The number of aromatic nitrogens is 1. The predicted molar refractivity (Wildman–Crippen MR) is 91.6 cm³/mol. The van der Waals surface area contributed by atoms with E-state index in [1.54, 1.807) is 30.6 Å². The fraction of sp³-hybridized carbons (Fsp3) is 0.211. The smallest absolute Gasteiger partial charge is 0.266 e. The molecule has 116 valence electrons. The van der Waals surface area contributed by atoms with Crippen LogP contribution in [-0.4, -0.2) is 10.9 Å². The summed E-state index contributed by atoms with van der Waals surface area (Å²) in [7, 11) is 0. The van der Waals surface area contributed by atoms with E-state index in [0.29, 0.717) is 11.6 Å². The lowest BCUT2D eigenvalue weighted by Gasteiger charge is -2.10. The number of rotatable bonds is 5. The molecule has 1 heterocycles. The molecular formula is C19H19N3O. The average Bonchev–Trinajstić information content (AvgIpc) is 2.60. The Bertz CT molecular complexity index is 727. The largest absolute Gasteiger partial charge is 0.321 e. The minimum absolute atomic E-state index is 0.0576. The zero-order chi connectivity index (χ0) is 16.7. The van der Waals surface area contributed by atoms with Crippen molar-refractivity contribution in [1.82, 2.24) is 4.98 Å². The molecule has 1 atom stereocenters. The summed E-state index contributed by atoms with van der Waals surface area (Å²) in [6.07, 6.45) is 5.85. The first-order valence-electron chi connectivity index (χ1n) is 7.57. The van der Waals surface area contributed by atoms with Gasteiger partial charge in [-0.3, -0.25) is 9.78 Å². The van der Waals surface area contributed by atoms with Gasteiger partial charge in [-0.15, -0.1) is 0 Å². The second kappa shape index (κ2) is 7.90. The highest BCUT2D eigenvalue weighted by Gasteiger charge is 2.10. The first-order chi connectivity index (χ1) is 11.1. The van der Waals surface area contributed by atoms with Crippen molar-refractivity contribution >= 4 is 17.7 Å². The fourth-order valence-corrected chi connectivity index (χ4v) is 2.10. The molecule has 1 aromatic heterocycles. The van der Waals surface area contributed by atoms with Crippen LogP contribution in [0, 0.1) is 11.3 Å². The van der Waals surface area contributed by atoms with Crippen molar-refractivity contribution in [3.05, 3.63) is 65.5 Å². The number of pyridine rings is 1. The van der Waals surface area contributed by atoms with Crippen LogP contribution in [0.4, 0.5) is 5.69 Å². The van der Waals surface area contributed by atoms with Crippen molar-refractivity contribution in [3.8, 4) is 6.07 Å². The van der Waals surface area contributed by atoms with Gasteiger partial charge in [0.1, 0.15) is 11.6 Å². The minimum atomic E-state index is -0.416. The normalized spacial score (nSPS) is 12.3. The van der Waals surface area contributed by atoms with Crippen molar-refractivity contribution in [2.75, 3.05) is 5.32 Å². The van der Waals surface area contributed by atoms with Crippen molar-refractivity contribution < 1.29 is 4.79 Å². The third-order valence-corrected chi connectivity index (χ3v) is 3.73. The second-order valence-corrected chi connectivity index (χ2v) is 5.34. The lowest BCUT2D eigenvalue weighted by molar-refractivity contribution is -0.112. The summed E-state index contributed by atoms with van der Waals surface area (Å²) in [5.41, 5.74) is 2.73. The summed E-state index contributed by atoms with van der Waals surface area (Å²) in [5, 5.41) is 11.9. The summed E-state index contributed by atoms with van der Waals surface area (Å²) >= 11 is 0. The third-order valence-electron chi connectivity index (χ3n) is 3.73. The topological polar surface area (TPSA) is 65.8 Å². The third kappa shape index (κ3) is 4.52. The summed E-state index contributed by atoms with van der Waals surface area (Å²) < 4.78 is 0. The first kappa shape index (κ1) is 16.4. The van der Waals surface area contributed by atoms with Gasteiger partial charge in [0.2, 0.25) is 0 Å². The van der Waals surface area contributed by atoms with E-state index < -0.39 is 5.91 Å². The molecule has 0 saturated carbocycles. The molecule has 0 fully saturated rings. The van der Waals surface area contributed by atoms with Gasteiger partial charge in [0.25, 0.3) is 5.91 Å². The van der Waals surface area contributed by atoms with Gasteiger partial charge in [0.15, 0.2) is 0 Å². The molecular weight excluding hydrogens is 286 g/mol. The second-order valence-electron chi connectivity index (χ2n) is 5.34. The van der Waals surface area contributed by atoms with Gasteiger partial charge < -0.3 is 5.32 Å². The fourth-order valence-electron chi connectivity index (χ4n) is 2.10. The molecule has 1 aromatic carbocycles. The van der Waals surface area contributed by atoms with E-state index in [0.717, 1.165) is 12.0 Å². The number of carbonyl (C=O) groups excluding carboxylic acids is 1. The molecule has 0 radical (unpaired) electrons. The Hall–Kier alpha value is -2.93. The number of anilines is 1. The molecule has 0 aliphatic heterocycles. The summed E-state index contributed by atoms with van der Waals surface area (Å²) in [5.74, 6) is 0.0709. The van der Waals surface area contributed by atoms with E-state index in [1.807, 2.05) is 30.3 Å². The van der Waals surface area contributed by atoms with Crippen LogP contribution in [-0.2, 0) is 4.79 Å². The van der Waals surface area contributed by atoms with Crippen LogP contribution in [0.1, 0.15) is 37.3 Å². The average molecular weight is 305 g/mol. The summed E-state index contributed by atoms with van der Waals surface area (Å²) in [6, 6.07) is 13.1. The van der Waals surface area contributed by atoms with Crippen LogP contribution in [0.3, 0.4) is 0 Å². The molecule has 1 amide bonds.